The summed E-state index contributed by atoms with van der Waals surface area (Å²) in [5.74, 6) is -3.36. The Labute approximate surface area is 121 Å². The normalized spacial score (nSPS) is 35.8. The van der Waals surface area contributed by atoms with Crippen LogP contribution in [-0.2, 0) is 9.47 Å². The van der Waals surface area contributed by atoms with E-state index in [0.717, 1.165) is 11.7 Å². The molecule has 2 heterocycles. The first-order valence-corrected chi connectivity index (χ1v) is 6.06. The number of ether oxygens (including phenoxy) is 2. The van der Waals surface area contributed by atoms with Crippen LogP contribution in [-0.4, -0.2) is 51.5 Å². The monoisotopic (exact) mass is 308 g/mol. The number of aryl methyl sites for hydroxylation is 1. The predicted octanol–water partition coefficient (Wildman–Crippen LogP) is -0.223. The van der Waals surface area contributed by atoms with Crippen LogP contribution < -0.4 is 5.69 Å². The second kappa shape index (κ2) is 5.34. The fourth-order valence-corrected chi connectivity index (χ4v) is 2.05. The van der Waals surface area contributed by atoms with Crippen molar-refractivity contribution in [3.05, 3.63) is 26.9 Å². The van der Waals surface area contributed by atoms with Gasteiger partial charge in [0.2, 0.25) is 0 Å². The molecule has 7 nitrogen and oxygen atoms in total. The number of nitrogens with one attached hydrogen (secondary N) is 1. The highest BCUT2D eigenvalue weighted by Gasteiger charge is 2.56. The lowest BCUT2D eigenvalue weighted by atomic mass is 10.1. The minimum atomic E-state index is -3.36. The molecule has 0 saturated carbocycles. The zero-order chi connectivity index (χ0) is 16.9. The molecule has 0 spiro atoms. The number of methoxy groups -OCH3 is 1. The molecule has 9 heteroatoms. The number of alkyl halides is 1. The van der Waals surface area contributed by atoms with Crippen LogP contribution in [0.5, 0.6) is 0 Å². The average molecular weight is 308 g/mol. The number of hydrogen-bond donors (Lipinski definition) is 3. The molecule has 3 N–H and O–H groups in total. The van der Waals surface area contributed by atoms with Crippen molar-refractivity contribution in [3.8, 4) is 0 Å². The van der Waals surface area contributed by atoms with E-state index in [0.29, 0.717) is 5.56 Å². The van der Waals surface area contributed by atoms with E-state index in [-0.39, 0.29) is 4.64 Å². The summed E-state index contributed by atoms with van der Waals surface area (Å²) < 4.78 is 39.7. The number of aromatic amines is 1. The fraction of sp³-hybridized carbons (Fsp3) is 0.636. The molecule has 20 heavy (non-hydrogen) atoms. The van der Waals surface area contributed by atoms with Gasteiger partial charge in [-0.1, -0.05) is 12.2 Å². The molecule has 1 fully saturated rings. The van der Waals surface area contributed by atoms with E-state index in [1.54, 1.807) is 6.92 Å². The van der Waals surface area contributed by atoms with Crippen molar-refractivity contribution in [1.82, 2.24) is 9.55 Å². The molecule has 4 atom stereocenters. The summed E-state index contributed by atoms with van der Waals surface area (Å²) in [6.45, 7) is -1.47. The summed E-state index contributed by atoms with van der Waals surface area (Å²) >= 11 is 4.88. The summed E-state index contributed by atoms with van der Waals surface area (Å²) in [7, 11) is 0.882. The Morgan fingerprint density at radius 1 is 1.75 bits per heavy atom. The van der Waals surface area contributed by atoms with E-state index in [1.165, 1.54) is 6.20 Å². The Kier molecular flexibility index (Phi) is 3.36. The van der Waals surface area contributed by atoms with Crippen LogP contribution in [0, 0.1) is 11.6 Å². The molecule has 2 rings (SSSR count). The third kappa shape index (κ3) is 2.42. The van der Waals surface area contributed by atoms with Gasteiger partial charge in [-0.05, 0) is 6.92 Å². The molecular formula is C11H15FN2O5S. The number of aliphatic hydroxyl groups excluding tert-OH is 2. The molecule has 1 aliphatic rings. The topological polar surface area (TPSA) is 96.7 Å². The highest BCUT2D eigenvalue weighted by atomic mass is 32.1. The van der Waals surface area contributed by atoms with Crippen molar-refractivity contribution >= 4 is 12.2 Å². The SMILES string of the molecule is [2H]C([2H])(OC)[C@@]1(F)O[C@@H](n2cc(C)c(=S)[nH]c2=O)[C@H](O)[C@@H]1O. The molecule has 0 aromatic carbocycles. The van der Waals surface area contributed by atoms with Gasteiger partial charge >= 0.3 is 5.69 Å². The second-order valence-corrected chi connectivity index (χ2v) is 4.78. The second-order valence-electron chi connectivity index (χ2n) is 4.37. The number of H-pyrrole nitrogens is 1. The number of nitrogens with zero attached hydrogens (tertiary/aromatic N) is 1. The van der Waals surface area contributed by atoms with Crippen molar-refractivity contribution in [2.45, 2.75) is 31.2 Å². The van der Waals surface area contributed by atoms with Crippen molar-refractivity contribution in [3.63, 3.8) is 0 Å². The smallest absolute Gasteiger partial charge is 0.328 e. The predicted molar refractivity (Wildman–Crippen MR) is 68.5 cm³/mol. The number of aliphatic hydroxyl groups is 2. The van der Waals surface area contributed by atoms with Crippen LogP contribution in [0.25, 0.3) is 0 Å². The zero-order valence-corrected chi connectivity index (χ0v) is 11.5. The molecule has 0 unspecified atom stereocenters. The Morgan fingerprint density at radius 2 is 2.40 bits per heavy atom. The van der Waals surface area contributed by atoms with Crippen molar-refractivity contribution < 1.29 is 26.8 Å². The zero-order valence-electron chi connectivity index (χ0n) is 12.7. The van der Waals surface area contributed by atoms with Crippen molar-refractivity contribution in [1.29, 1.82) is 0 Å². The Balaban J connectivity index is 2.50. The summed E-state index contributed by atoms with van der Waals surface area (Å²) in [6.07, 6.45) is -4.58. The van der Waals surface area contributed by atoms with Crippen LogP contribution in [0.3, 0.4) is 0 Å². The van der Waals surface area contributed by atoms with Gasteiger partial charge in [0.05, 0.1) is 2.74 Å². The lowest BCUT2D eigenvalue weighted by Crippen LogP contribution is -2.42. The lowest BCUT2D eigenvalue weighted by Gasteiger charge is -2.21. The van der Waals surface area contributed by atoms with Crippen molar-refractivity contribution in [2.24, 2.45) is 0 Å². The van der Waals surface area contributed by atoms with Crippen LogP contribution in [0.2, 0.25) is 0 Å². The first-order valence-electron chi connectivity index (χ1n) is 6.65. The number of rotatable bonds is 3. The van der Waals surface area contributed by atoms with E-state index >= 15 is 0 Å². The van der Waals surface area contributed by atoms with Gasteiger partial charge in [0.15, 0.2) is 6.23 Å². The molecule has 0 radical (unpaired) electrons. The molecule has 0 aliphatic carbocycles. The minimum absolute atomic E-state index is 0.160. The highest BCUT2D eigenvalue weighted by Crippen LogP contribution is 2.37. The molecule has 1 saturated heterocycles. The molecule has 1 aromatic heterocycles. The minimum Gasteiger partial charge on any atom is -0.385 e. The van der Waals surface area contributed by atoms with Gasteiger partial charge in [-0.3, -0.25) is 9.55 Å². The van der Waals surface area contributed by atoms with Gasteiger partial charge in [0.1, 0.15) is 23.4 Å². The third-order valence-electron chi connectivity index (χ3n) is 2.95. The van der Waals surface area contributed by atoms with Gasteiger partial charge in [-0.25, -0.2) is 9.18 Å². The van der Waals surface area contributed by atoms with Gasteiger partial charge < -0.3 is 19.7 Å². The largest absolute Gasteiger partial charge is 0.385 e. The molecule has 1 aromatic rings. The molecule has 112 valence electrons. The number of halogens is 1. The van der Waals surface area contributed by atoms with E-state index in [2.05, 4.69) is 9.72 Å². The number of hydrogen-bond acceptors (Lipinski definition) is 6. The molecule has 1 aliphatic heterocycles. The van der Waals surface area contributed by atoms with E-state index in [1.807, 2.05) is 0 Å². The highest BCUT2D eigenvalue weighted by molar-refractivity contribution is 7.71. The maximum Gasteiger partial charge on any atom is 0.328 e. The van der Waals surface area contributed by atoms with E-state index in [9.17, 15) is 19.4 Å². The Hall–Kier alpha value is -1.13. The van der Waals surface area contributed by atoms with Crippen molar-refractivity contribution in [2.75, 3.05) is 13.7 Å². The van der Waals surface area contributed by atoms with Gasteiger partial charge in [0.25, 0.3) is 5.85 Å². The van der Waals surface area contributed by atoms with Gasteiger partial charge in [-0.2, -0.15) is 0 Å². The quantitative estimate of drug-likeness (QED) is 0.668. The van der Waals surface area contributed by atoms with Gasteiger partial charge in [0, 0.05) is 18.9 Å². The summed E-state index contributed by atoms with van der Waals surface area (Å²) in [5, 5.41) is 19.8. The van der Waals surface area contributed by atoms with Crippen LogP contribution in [0.15, 0.2) is 11.0 Å². The number of aromatic nitrogens is 2. The van der Waals surface area contributed by atoms with Crippen LogP contribution >= 0.6 is 12.2 Å². The Morgan fingerprint density at radius 3 is 3.00 bits per heavy atom. The summed E-state index contributed by atoms with van der Waals surface area (Å²) in [5.41, 5.74) is -0.347. The van der Waals surface area contributed by atoms with Crippen LogP contribution in [0.4, 0.5) is 4.39 Å². The van der Waals surface area contributed by atoms with E-state index in [4.69, 9.17) is 19.7 Å². The van der Waals surface area contributed by atoms with E-state index < -0.39 is 36.5 Å². The molecule has 0 amide bonds. The maximum absolute atomic E-state index is 14.7. The lowest BCUT2D eigenvalue weighted by molar-refractivity contribution is -0.212. The molecular weight excluding hydrogens is 291 g/mol. The first kappa shape index (κ1) is 12.6. The average Bonchev–Trinajstić information content (AvgIpc) is 2.69. The summed E-state index contributed by atoms with van der Waals surface area (Å²) in [4.78, 5) is 14.2. The Bertz CT molecular complexity index is 696. The van der Waals surface area contributed by atoms with Crippen LogP contribution in [0.1, 0.15) is 14.5 Å². The molecule has 0 bridgehead atoms. The first-order chi connectivity index (χ1) is 10.0. The summed E-state index contributed by atoms with van der Waals surface area (Å²) in [6, 6.07) is 0. The fourth-order valence-electron chi connectivity index (χ4n) is 1.91. The third-order valence-corrected chi connectivity index (χ3v) is 3.37. The maximum atomic E-state index is 14.7. The van der Waals surface area contributed by atoms with Gasteiger partial charge in [-0.15, -0.1) is 0 Å². The standard InChI is InChI=1S/C11H15FN2O5S/c1-5-3-14(10(17)13-8(5)20)9-6(15)7(16)11(12,19-9)4-18-2/h3,6-7,9,15-16H,4H2,1-2H3,(H,13,17,20)/t6-,7+,9-,11-/m1/s1/i4D2.